The van der Waals surface area contributed by atoms with Crippen molar-refractivity contribution in [2.24, 2.45) is 0 Å². The van der Waals surface area contributed by atoms with E-state index < -0.39 is 95.5 Å². The number of nitriles is 1. The van der Waals surface area contributed by atoms with E-state index in [-0.39, 0.29) is 16.9 Å². The number of likely N-dealkylation sites (tertiary alicyclic amines) is 1. The Labute approximate surface area is 238 Å². The number of rotatable bonds is 7. The topological polar surface area (TPSA) is 97.6 Å². The molecule has 4 rings (SSSR count). The smallest absolute Gasteiger partial charge is 0.330 e. The van der Waals surface area contributed by atoms with E-state index in [4.69, 9.17) is 5.26 Å². The molecule has 1 unspecified atom stereocenters. The first kappa shape index (κ1) is 33.9. The molecule has 0 aliphatic carbocycles. The minimum atomic E-state index is -8.56. The van der Waals surface area contributed by atoms with Crippen molar-refractivity contribution in [2.75, 3.05) is 11.4 Å². The minimum Gasteiger partial charge on any atom is -0.330 e. The first-order chi connectivity index (χ1) is 20.1. The van der Waals surface area contributed by atoms with Gasteiger partial charge in [-0.1, -0.05) is 0 Å². The number of amides is 4. The monoisotopic (exact) mass is 679 g/mol. The van der Waals surface area contributed by atoms with Crippen molar-refractivity contribution >= 4 is 23.5 Å². The van der Waals surface area contributed by atoms with Crippen LogP contribution < -0.4 is 4.90 Å². The first-order valence-electron chi connectivity index (χ1n) is 11.8. The molecule has 0 spiro atoms. The highest BCUT2D eigenvalue weighted by Crippen LogP contribution is 2.62. The van der Waals surface area contributed by atoms with Crippen LogP contribution in [0, 0.1) is 18.3 Å². The Morgan fingerprint density at radius 2 is 1.38 bits per heavy atom. The molecule has 1 aromatic heterocycles. The molecule has 248 valence electrons. The number of piperazine rings is 1. The lowest BCUT2D eigenvalue weighted by Crippen LogP contribution is -2.74. The lowest BCUT2D eigenvalue weighted by Gasteiger charge is -2.42. The van der Waals surface area contributed by atoms with Gasteiger partial charge in [0.1, 0.15) is 17.8 Å². The predicted molar refractivity (Wildman–Crippen MR) is 112 cm³/mol. The van der Waals surface area contributed by atoms with Crippen molar-refractivity contribution in [3.8, 4) is 6.07 Å². The van der Waals surface area contributed by atoms with Crippen LogP contribution in [-0.2, 0) is 9.59 Å². The van der Waals surface area contributed by atoms with E-state index in [9.17, 15) is 80.2 Å². The third-order valence-electron chi connectivity index (χ3n) is 7.55. The number of aromatic nitrogens is 1. The Morgan fingerprint density at radius 3 is 1.87 bits per heavy atom. The zero-order valence-electron chi connectivity index (χ0n) is 21.4. The lowest BCUT2D eigenvalue weighted by atomic mass is 9.90. The number of carbonyl (C=O) groups excluding carboxylic acids is 3. The molecule has 1 aromatic rings. The summed E-state index contributed by atoms with van der Waals surface area (Å²) >= 11 is 0. The van der Waals surface area contributed by atoms with Crippen molar-refractivity contribution in [1.29, 1.82) is 5.26 Å². The maximum atomic E-state index is 14.7. The summed E-state index contributed by atoms with van der Waals surface area (Å²) in [4.78, 5) is 42.8. The molecule has 2 bridgehead atoms. The van der Waals surface area contributed by atoms with Gasteiger partial charge in [0.25, 0.3) is 11.8 Å². The second-order valence-corrected chi connectivity index (χ2v) is 10.1. The normalized spacial score (nSPS) is 23.2. The van der Waals surface area contributed by atoms with Gasteiger partial charge in [-0.05, 0) is 25.0 Å². The van der Waals surface area contributed by atoms with Crippen LogP contribution in [0.1, 0.15) is 17.7 Å². The van der Waals surface area contributed by atoms with E-state index in [1.807, 2.05) is 0 Å². The largest absolute Gasteiger partial charge is 0.460 e. The zero-order valence-corrected chi connectivity index (χ0v) is 21.4. The molecule has 4 heterocycles. The summed E-state index contributed by atoms with van der Waals surface area (Å²) in [6.07, 6.45) is -7.57. The summed E-state index contributed by atoms with van der Waals surface area (Å²) in [6, 6.07) is -3.89. The summed E-state index contributed by atoms with van der Waals surface area (Å²) in [5, 5.41) is 8.97. The quantitative estimate of drug-likeness (QED) is 0.306. The number of nitrogens with zero attached hydrogens (tertiary/aromatic N) is 5. The molecule has 0 radical (unpaired) electrons. The number of halogens is 15. The molecule has 0 saturated carbocycles. The van der Waals surface area contributed by atoms with Gasteiger partial charge in [0.05, 0.1) is 24.0 Å². The number of hydrogen-bond donors (Lipinski definition) is 0. The van der Waals surface area contributed by atoms with E-state index in [1.165, 1.54) is 6.92 Å². The molecule has 4 amide bonds. The average Bonchev–Trinajstić information content (AvgIpc) is 3.57. The Balaban J connectivity index is 1.66. The van der Waals surface area contributed by atoms with Gasteiger partial charge in [-0.25, -0.2) is 14.7 Å². The van der Waals surface area contributed by atoms with E-state index in [0.717, 1.165) is 12.3 Å². The number of urea groups is 1. The van der Waals surface area contributed by atoms with E-state index in [2.05, 4.69) is 4.98 Å². The summed E-state index contributed by atoms with van der Waals surface area (Å²) in [7, 11) is 0. The van der Waals surface area contributed by atoms with Gasteiger partial charge < -0.3 is 9.80 Å². The number of pyridine rings is 1. The molecule has 8 nitrogen and oxygen atoms in total. The van der Waals surface area contributed by atoms with Crippen LogP contribution in [0.15, 0.2) is 12.3 Å². The first-order valence-corrected chi connectivity index (χ1v) is 11.8. The van der Waals surface area contributed by atoms with E-state index in [1.54, 1.807) is 6.07 Å². The van der Waals surface area contributed by atoms with Crippen LogP contribution in [0.4, 0.5) is 76.3 Å². The number of anilines is 1. The van der Waals surface area contributed by atoms with Gasteiger partial charge in [-0.3, -0.25) is 9.59 Å². The minimum absolute atomic E-state index is 0.126. The fraction of sp³-hybridized carbons (Fsp3) is 0.591. The number of fused-ring (bicyclic) bond motifs is 5. The van der Waals surface area contributed by atoms with E-state index in [0.29, 0.717) is 9.80 Å². The van der Waals surface area contributed by atoms with Crippen LogP contribution in [-0.4, -0.2) is 99.0 Å². The van der Waals surface area contributed by atoms with Crippen molar-refractivity contribution < 1.29 is 80.2 Å². The second-order valence-electron chi connectivity index (χ2n) is 10.1. The van der Waals surface area contributed by atoms with Crippen molar-refractivity contribution in [1.82, 2.24) is 14.8 Å². The van der Waals surface area contributed by atoms with Crippen LogP contribution in [0.2, 0.25) is 0 Å². The summed E-state index contributed by atoms with van der Waals surface area (Å²) in [5.74, 6) is -53.7. The van der Waals surface area contributed by atoms with Crippen molar-refractivity contribution in [3.63, 3.8) is 0 Å². The highest BCUT2D eigenvalue weighted by Gasteiger charge is 2.94. The fourth-order valence-electron chi connectivity index (χ4n) is 5.21. The molecule has 23 heteroatoms. The molecule has 0 N–H and O–H groups in total. The van der Waals surface area contributed by atoms with Gasteiger partial charge in [0.2, 0.25) is 0 Å². The van der Waals surface area contributed by atoms with Gasteiger partial charge in [0, 0.05) is 6.54 Å². The third-order valence-corrected chi connectivity index (χ3v) is 7.55. The van der Waals surface area contributed by atoms with Gasteiger partial charge in [-0.2, -0.15) is 71.1 Å². The van der Waals surface area contributed by atoms with Gasteiger partial charge >= 0.3 is 47.7 Å². The number of hydrogen-bond acceptors (Lipinski definition) is 5. The lowest BCUT2D eigenvalue weighted by molar-refractivity contribution is -0.450. The molecule has 3 fully saturated rings. The molecule has 0 aromatic carbocycles. The molecule has 3 atom stereocenters. The molecule has 3 saturated heterocycles. The molecule has 3 aliphatic heterocycles. The van der Waals surface area contributed by atoms with Crippen molar-refractivity contribution in [3.05, 3.63) is 23.5 Å². The van der Waals surface area contributed by atoms with Crippen LogP contribution in [0.3, 0.4) is 0 Å². The molecule has 3 aliphatic rings. The predicted octanol–water partition coefficient (Wildman–Crippen LogP) is 4.76. The second kappa shape index (κ2) is 9.51. The summed E-state index contributed by atoms with van der Waals surface area (Å²) in [6.45, 7) is 0.0838. The van der Waals surface area contributed by atoms with Gasteiger partial charge in [-0.15, -0.1) is 0 Å². The maximum absolute atomic E-state index is 14.7. The number of carbonyl (C=O) groups is 3. The maximum Gasteiger partial charge on any atom is 0.460 e. The number of aryl methyl sites for hydroxylation is 1. The molecule has 45 heavy (non-hydrogen) atoms. The Hall–Kier alpha value is -4.00. The standard InChI is InChI=1S/C22H12F15N5O3/c1-7-2-8(5-39-10(7)4-38)42-13(43)12-11-3-9(41(12)15(42)45)6-40(11)14(44)16(23,24)17(25,26)18(27,28)19(29,30)20(31,32)21(33,34)22(35,36)37/h2,5,9,11-12H,3,6H2,1H3/t9-,11?,12-/m1/s1. The Bertz CT molecular complexity index is 1510. The highest BCUT2D eigenvalue weighted by atomic mass is 19.4. The third kappa shape index (κ3) is 4.08. The average molecular weight is 679 g/mol. The SMILES string of the molecule is Cc1cc(N2C(=O)[C@H]3C4C[C@H](CN4C(=O)C(F)(F)C(F)(F)C(F)(F)C(F)(F)C(F)(F)C(F)(F)C(F)(F)F)N3C2=O)cnc1C#N. The van der Waals surface area contributed by atoms with Crippen LogP contribution in [0.25, 0.3) is 0 Å². The van der Waals surface area contributed by atoms with E-state index >= 15 is 0 Å². The Kier molecular flexibility index (Phi) is 7.16. The summed E-state index contributed by atoms with van der Waals surface area (Å²) in [5.41, 5.74) is -0.329. The summed E-state index contributed by atoms with van der Waals surface area (Å²) < 4.78 is 204. The number of imide groups is 1. The highest BCUT2D eigenvalue weighted by molar-refractivity contribution is 6.22. The van der Waals surface area contributed by atoms with Crippen LogP contribution in [0.5, 0.6) is 0 Å². The van der Waals surface area contributed by atoms with Crippen molar-refractivity contribution in [2.45, 2.75) is 73.2 Å². The number of alkyl halides is 15. The zero-order chi connectivity index (χ0) is 34.7. The van der Waals surface area contributed by atoms with Crippen LogP contribution >= 0.6 is 0 Å². The fourth-order valence-corrected chi connectivity index (χ4v) is 5.21. The molecular formula is C22H12F15N5O3. The molecular weight excluding hydrogens is 667 g/mol. The van der Waals surface area contributed by atoms with Gasteiger partial charge in [0.15, 0.2) is 0 Å². The Morgan fingerprint density at radius 1 is 0.867 bits per heavy atom.